The van der Waals surface area contributed by atoms with Gasteiger partial charge >= 0.3 is 41.8 Å². The Kier molecular flexibility index (Phi) is 77.4. The zero-order chi connectivity index (χ0) is 64.8. The van der Waals surface area contributed by atoms with Crippen LogP contribution >= 0.6 is 0 Å². The molecule has 438 valence electrons. The number of methoxy groups -OCH3 is 5. The number of hydrogen-bond donors (Lipinski definition) is 0. The number of nitrogens with zero attached hydrogens (tertiary/aromatic N) is 1. The van der Waals surface area contributed by atoms with Crippen molar-refractivity contribution in [1.82, 2.24) is 0 Å². The van der Waals surface area contributed by atoms with E-state index in [0.29, 0.717) is 0 Å². The molecule has 0 unspecified atom stereocenters. The van der Waals surface area contributed by atoms with Crippen molar-refractivity contribution in [3.63, 3.8) is 0 Å². The second-order valence-electron chi connectivity index (χ2n) is 13.4. The molecule has 0 saturated carbocycles. The Morgan fingerprint density at radius 2 is 0.890 bits per heavy atom. The van der Waals surface area contributed by atoms with E-state index in [4.69, 9.17) is 5.26 Å². The number of ether oxygens (including phenoxy) is 6. The summed E-state index contributed by atoms with van der Waals surface area (Å²) in [6, 6.07) is 9.50. The molecule has 5 rings (SSSR count). The first-order valence-electron chi connectivity index (χ1n) is 23.4. The summed E-state index contributed by atoms with van der Waals surface area (Å²) in [5.74, 6) is 1.69. The number of esters is 7. The highest BCUT2D eigenvalue weighted by molar-refractivity contribution is 6.14. The number of terminal acetylenes is 1. The van der Waals surface area contributed by atoms with Gasteiger partial charge in [0.15, 0.2) is 17.3 Å². The fraction of sp³-hybridized carbons (Fsp3) is 0.185. The van der Waals surface area contributed by atoms with Crippen molar-refractivity contribution in [3.8, 4) is 30.3 Å². The van der Waals surface area contributed by atoms with Crippen molar-refractivity contribution in [1.29, 1.82) is 5.26 Å². The average molecular weight is 1130 g/mol. The van der Waals surface area contributed by atoms with Crippen molar-refractivity contribution in [2.75, 3.05) is 35.5 Å². The van der Waals surface area contributed by atoms with Crippen LogP contribution in [0.2, 0.25) is 0 Å². The normalized spacial score (nSPS) is 10.7. The molecule has 1 aromatic carbocycles. The lowest BCUT2D eigenvalue weighted by Gasteiger charge is -1.89. The fourth-order valence-corrected chi connectivity index (χ4v) is 2.92. The molecule has 4 aliphatic rings. The largest absolute Gasteiger partial charge is 0.466 e. The van der Waals surface area contributed by atoms with E-state index in [1.54, 1.807) is 44.2 Å². The summed E-state index contributed by atoms with van der Waals surface area (Å²) < 4.78 is 24.9. The molecule has 1 aliphatic heterocycles. The summed E-state index contributed by atoms with van der Waals surface area (Å²) in [6.45, 7) is 34.4. The third kappa shape index (κ3) is 91.8. The van der Waals surface area contributed by atoms with Crippen LogP contribution in [0.1, 0.15) is 47.0 Å². The third-order valence-electron chi connectivity index (χ3n) is 6.83. The van der Waals surface area contributed by atoms with Gasteiger partial charge in [-0.2, -0.15) is 5.26 Å². The zero-order valence-corrected chi connectivity index (χ0v) is 48.4. The van der Waals surface area contributed by atoms with Gasteiger partial charge in [-0.15, -0.1) is 12.3 Å². The number of cyclic esters (lactones) is 2. The van der Waals surface area contributed by atoms with E-state index >= 15 is 0 Å². The lowest BCUT2D eigenvalue weighted by molar-refractivity contribution is -0.150. The zero-order valence-electron chi connectivity index (χ0n) is 48.4. The minimum atomic E-state index is -0.759. The van der Waals surface area contributed by atoms with Gasteiger partial charge in [-0.1, -0.05) is 155 Å². The standard InChI is InChI=1S/C8H8.C6H8O4.C6H6O4.C6H4O2.C6H8.C5H8O2.C5H6.C5H8.C4H2O3.C4H6O.C4H6.C3H3N.C3H4/c1-7-5-3-4-6-8(7)2;2*1-9-5(7)3-4-6(8)10-2;7-5-1-2-6(8)4-3-5;1-2-4-6-5-3-1;1-3-4-5(6)7-2;1-2-4-5-3-1;1-4-5(2)3;5-3-1-2-4(6)7-3;1-3-4(2)5;1-3-4-2;1-2-3-4;1-3-2/h3-6H,1-2H2;3-4H,1-2H3;1-2H3;1-4H;1-4H,5-6H2;3-4H,1-2H3;1-4H,5H2;4H,1-2H2,3H3;1-2H;3H,1H2,2H3;3-4H,1-2H2;2H,1H2;1H,2H3/b;4-3-;;;;4-3+;;;;;;;. The van der Waals surface area contributed by atoms with Gasteiger partial charge in [0.2, 0.25) is 0 Å². The Labute approximate surface area is 484 Å². The molecule has 0 spiro atoms. The van der Waals surface area contributed by atoms with Gasteiger partial charge < -0.3 is 28.4 Å². The summed E-state index contributed by atoms with van der Waals surface area (Å²) in [4.78, 5) is 101. The number of carbonyl (C=O) groups excluding carboxylic acids is 10. The lowest BCUT2D eigenvalue weighted by Crippen LogP contribution is -2.19. The number of rotatable bonds is 6. The second-order valence-corrected chi connectivity index (χ2v) is 13.4. The summed E-state index contributed by atoms with van der Waals surface area (Å²) in [5.41, 5.74) is 1.02. The van der Waals surface area contributed by atoms with Crippen LogP contribution in [0, 0.1) is 35.5 Å². The second kappa shape index (κ2) is 72.2. The van der Waals surface area contributed by atoms with Crippen LogP contribution in [0.15, 0.2) is 209 Å². The van der Waals surface area contributed by atoms with Gasteiger partial charge in [-0.25, -0.2) is 33.6 Å². The van der Waals surface area contributed by atoms with E-state index in [1.807, 2.05) is 43.0 Å². The summed E-state index contributed by atoms with van der Waals surface area (Å²) in [7, 11) is 6.15. The minimum Gasteiger partial charge on any atom is -0.466 e. The molecule has 1 aromatic rings. The number of benzene rings is 1. The molecular formula is C65H77NO16. The smallest absolute Gasteiger partial charge is 0.384 e. The molecule has 0 radical (unpaired) electrons. The molecule has 17 nitrogen and oxygen atoms in total. The highest BCUT2D eigenvalue weighted by Crippen LogP contribution is 1.98. The number of nitriles is 1. The van der Waals surface area contributed by atoms with E-state index in [-0.39, 0.29) is 23.3 Å². The Balaban J connectivity index is -0.000000122. The number of carbonyl (C=O) groups is 10. The minimum absolute atomic E-state index is 0.0185. The van der Waals surface area contributed by atoms with Crippen molar-refractivity contribution in [2.45, 2.75) is 47.0 Å². The summed E-state index contributed by atoms with van der Waals surface area (Å²) in [5, 5.41) is 9.52. The van der Waals surface area contributed by atoms with E-state index in [2.05, 4.69) is 142 Å². The molecule has 0 atom stereocenters. The maximum atomic E-state index is 10.3. The van der Waals surface area contributed by atoms with Gasteiger partial charge in [-0.05, 0) is 87.8 Å². The van der Waals surface area contributed by atoms with E-state index in [0.717, 1.165) is 46.7 Å². The van der Waals surface area contributed by atoms with Crippen LogP contribution < -0.4 is 10.4 Å². The Bertz CT molecular complexity index is 2540. The number of hydrogen-bond acceptors (Lipinski definition) is 17. The first-order chi connectivity index (χ1) is 38.9. The molecule has 0 saturated heterocycles. The van der Waals surface area contributed by atoms with Crippen LogP contribution in [0.4, 0.5) is 0 Å². The first kappa shape index (κ1) is 87.8. The van der Waals surface area contributed by atoms with Crippen LogP contribution in [-0.4, -0.2) is 94.7 Å². The molecule has 0 bridgehead atoms. The van der Waals surface area contributed by atoms with Crippen molar-refractivity contribution in [3.05, 3.63) is 219 Å². The molecule has 0 fully saturated rings. The van der Waals surface area contributed by atoms with E-state index in [9.17, 15) is 47.9 Å². The lowest BCUT2D eigenvalue weighted by atomic mass is 10.2. The molecule has 1 heterocycles. The highest BCUT2D eigenvalue weighted by Gasteiger charge is 2.10. The molecule has 0 N–H and O–H groups in total. The molecule has 0 aromatic heterocycles. The predicted octanol–water partition coefficient (Wildman–Crippen LogP) is 8.94. The van der Waals surface area contributed by atoms with E-state index < -0.39 is 35.8 Å². The Morgan fingerprint density at radius 3 is 1.04 bits per heavy atom. The van der Waals surface area contributed by atoms with Crippen molar-refractivity contribution in [2.24, 2.45) is 0 Å². The van der Waals surface area contributed by atoms with Crippen molar-refractivity contribution < 1.29 is 76.4 Å². The van der Waals surface area contributed by atoms with Crippen LogP contribution in [0.3, 0.4) is 0 Å². The molecule has 17 heteroatoms. The van der Waals surface area contributed by atoms with Crippen LogP contribution in [0.25, 0.3) is 13.2 Å². The average Bonchev–Trinajstić information content (AvgIpc) is 4.22. The molecule has 3 aliphatic carbocycles. The Morgan fingerprint density at radius 1 is 0.585 bits per heavy atom. The highest BCUT2D eigenvalue weighted by atomic mass is 16.6. The number of ketones is 3. The number of allylic oxidation sites excluding steroid dienone is 19. The maximum Gasteiger partial charge on any atom is 0.384 e. The molecule has 0 amide bonds. The Hall–Kier alpha value is -10.8. The summed E-state index contributed by atoms with van der Waals surface area (Å²) in [6.07, 6.45) is 44.7. The summed E-state index contributed by atoms with van der Waals surface area (Å²) >= 11 is 0. The van der Waals surface area contributed by atoms with Gasteiger partial charge in [0.25, 0.3) is 0 Å². The maximum absolute atomic E-state index is 10.3. The first-order valence-corrected chi connectivity index (χ1v) is 23.4. The fourth-order valence-electron chi connectivity index (χ4n) is 2.92. The van der Waals surface area contributed by atoms with Gasteiger partial charge in [0.1, 0.15) is 0 Å². The van der Waals surface area contributed by atoms with Crippen LogP contribution in [-0.2, 0) is 76.4 Å². The van der Waals surface area contributed by atoms with Crippen LogP contribution in [0.5, 0.6) is 0 Å². The van der Waals surface area contributed by atoms with E-state index in [1.165, 1.54) is 97.8 Å². The molecule has 82 heavy (non-hydrogen) atoms. The van der Waals surface area contributed by atoms with Gasteiger partial charge in [0, 0.05) is 48.3 Å². The predicted molar refractivity (Wildman–Crippen MR) is 324 cm³/mol. The SMILES string of the molecule is C#CC.C/C=C/C(=O)OC.C1=CCC=C1.C1=CCCC=C1.C=CC#N.C=CC(=C)C.C=CC(C)=O.C=CC=C.C=c1ccccc1=C.COC(=O)/C=C\C(=O)OC.COC(=O)C#CC(=O)OC.O=C1C=CC(=O)C=C1.O=C1C=CC(=O)O1. The molecular weight excluding hydrogens is 1050 g/mol. The van der Waals surface area contributed by atoms with Gasteiger partial charge in [0.05, 0.1) is 41.6 Å². The van der Waals surface area contributed by atoms with Crippen molar-refractivity contribution >= 4 is 72.3 Å². The van der Waals surface area contributed by atoms with Gasteiger partial charge in [-0.3, -0.25) is 14.4 Å². The third-order valence-corrected chi connectivity index (χ3v) is 6.83. The topological polar surface area (TPSA) is 250 Å². The monoisotopic (exact) mass is 1130 g/mol. The quantitative estimate of drug-likeness (QED) is 0.0297.